The molecule has 0 saturated carbocycles. The van der Waals surface area contributed by atoms with E-state index < -0.39 is 6.10 Å². The molecule has 0 aliphatic heterocycles. The average Bonchev–Trinajstić information content (AvgIpc) is 3.33. The first-order valence-corrected chi connectivity index (χ1v) is 29.1. The van der Waals surface area contributed by atoms with Crippen molar-refractivity contribution in [3.05, 3.63) is 48.6 Å². The van der Waals surface area contributed by atoms with Gasteiger partial charge in [0, 0.05) is 19.3 Å². The van der Waals surface area contributed by atoms with Crippen molar-refractivity contribution in [3.63, 3.8) is 0 Å². The Balaban J connectivity index is 4.33. The zero-order chi connectivity index (χ0) is 48.6. The molecule has 390 valence electrons. The molecule has 0 aromatic carbocycles. The van der Waals surface area contributed by atoms with Gasteiger partial charge in [-0.05, 0) is 64.2 Å². The van der Waals surface area contributed by atoms with Crippen molar-refractivity contribution in [2.24, 2.45) is 0 Å². The zero-order valence-electron chi connectivity index (χ0n) is 44.7. The number of ether oxygens (including phenoxy) is 3. The Hall–Kier alpha value is -2.63. The predicted octanol–water partition coefficient (Wildman–Crippen LogP) is 19.4. The molecule has 0 amide bonds. The van der Waals surface area contributed by atoms with Crippen LogP contribution in [0.4, 0.5) is 0 Å². The Labute approximate surface area is 416 Å². The second-order valence-electron chi connectivity index (χ2n) is 19.6. The molecule has 0 unspecified atom stereocenters. The van der Waals surface area contributed by atoms with Gasteiger partial charge in [-0.15, -0.1) is 0 Å². The van der Waals surface area contributed by atoms with Crippen LogP contribution in [0.25, 0.3) is 0 Å². The molecule has 0 N–H and O–H groups in total. The summed E-state index contributed by atoms with van der Waals surface area (Å²) in [5.41, 5.74) is 0. The van der Waals surface area contributed by atoms with Crippen LogP contribution in [0.15, 0.2) is 48.6 Å². The van der Waals surface area contributed by atoms with Gasteiger partial charge in [-0.1, -0.05) is 268 Å². The number of hydrogen-bond donors (Lipinski definition) is 0. The molecule has 0 aromatic heterocycles. The van der Waals surface area contributed by atoms with Crippen molar-refractivity contribution in [1.29, 1.82) is 0 Å². The number of hydrogen-bond acceptors (Lipinski definition) is 6. The van der Waals surface area contributed by atoms with Gasteiger partial charge < -0.3 is 14.2 Å². The topological polar surface area (TPSA) is 78.9 Å². The SMILES string of the molecule is CCCCC/C=C\C/C=C\C/C=C\C/C=C\CCCCCC(=O)OC[C@H](COC(=O)CCCCCCCCCCCCCCCCCCCCC)OC(=O)CCCCCCCCCCCCC. The van der Waals surface area contributed by atoms with Crippen LogP contribution in [0, 0.1) is 0 Å². The summed E-state index contributed by atoms with van der Waals surface area (Å²) < 4.78 is 16.8. The summed E-state index contributed by atoms with van der Waals surface area (Å²) in [6.07, 6.45) is 68.2. The second-order valence-corrected chi connectivity index (χ2v) is 19.6. The quantitative estimate of drug-likeness (QED) is 0.0262. The Bertz CT molecular complexity index is 1170. The minimum absolute atomic E-state index is 0.0791. The zero-order valence-corrected chi connectivity index (χ0v) is 44.7. The van der Waals surface area contributed by atoms with Crippen LogP contribution in [0.1, 0.15) is 303 Å². The van der Waals surface area contributed by atoms with E-state index >= 15 is 0 Å². The molecule has 6 heteroatoms. The maximum Gasteiger partial charge on any atom is 0.306 e. The minimum Gasteiger partial charge on any atom is -0.462 e. The van der Waals surface area contributed by atoms with E-state index in [0.29, 0.717) is 19.3 Å². The van der Waals surface area contributed by atoms with E-state index in [1.165, 1.54) is 180 Å². The van der Waals surface area contributed by atoms with Crippen molar-refractivity contribution >= 4 is 17.9 Å². The second kappa shape index (κ2) is 56.0. The number of esters is 3. The fourth-order valence-corrected chi connectivity index (χ4v) is 8.43. The van der Waals surface area contributed by atoms with E-state index in [-0.39, 0.29) is 31.1 Å². The third kappa shape index (κ3) is 54.2. The molecule has 0 rings (SSSR count). The smallest absolute Gasteiger partial charge is 0.306 e. The molecular weight excluding hydrogens is 829 g/mol. The van der Waals surface area contributed by atoms with Crippen molar-refractivity contribution < 1.29 is 28.6 Å². The third-order valence-electron chi connectivity index (χ3n) is 12.8. The molecule has 0 aliphatic carbocycles. The van der Waals surface area contributed by atoms with Crippen LogP contribution in [-0.4, -0.2) is 37.2 Å². The van der Waals surface area contributed by atoms with Crippen LogP contribution >= 0.6 is 0 Å². The lowest BCUT2D eigenvalue weighted by Gasteiger charge is -2.18. The molecule has 0 spiro atoms. The van der Waals surface area contributed by atoms with Crippen LogP contribution in [0.2, 0.25) is 0 Å². The fraction of sp³-hybridized carbons (Fsp3) is 0.820. The van der Waals surface area contributed by atoms with Gasteiger partial charge in [0.15, 0.2) is 6.10 Å². The standard InChI is InChI=1S/C61H110O6/c1-4-7-10-13-16-19-22-24-26-28-30-32-34-36-39-41-44-47-50-53-59(62)65-56-58(67-61(64)55-52-49-46-43-38-21-18-15-12-9-6-3)57-66-60(63)54-51-48-45-42-40-37-35-33-31-29-27-25-23-20-17-14-11-8-5-2/h16,19,24,26,30,32,36,39,58H,4-15,17-18,20-23,25,27-29,31,33-35,37-38,40-57H2,1-3H3/b19-16-,26-24-,32-30-,39-36-/t58-/m1/s1. The summed E-state index contributed by atoms with van der Waals surface area (Å²) in [7, 11) is 0. The van der Waals surface area contributed by atoms with Gasteiger partial charge in [0.05, 0.1) is 0 Å². The number of carbonyl (C=O) groups is 3. The number of unbranched alkanes of at least 4 members (excludes halogenated alkanes) is 34. The molecule has 0 aromatic rings. The molecule has 1 atom stereocenters. The molecule has 0 fully saturated rings. The molecule has 0 aliphatic rings. The molecule has 0 radical (unpaired) electrons. The van der Waals surface area contributed by atoms with Crippen LogP contribution in [-0.2, 0) is 28.6 Å². The first kappa shape index (κ1) is 64.4. The van der Waals surface area contributed by atoms with Crippen LogP contribution in [0.5, 0.6) is 0 Å². The highest BCUT2D eigenvalue weighted by molar-refractivity contribution is 5.71. The van der Waals surface area contributed by atoms with E-state index in [1.54, 1.807) is 0 Å². The monoisotopic (exact) mass is 939 g/mol. The van der Waals surface area contributed by atoms with Gasteiger partial charge in [0.25, 0.3) is 0 Å². The van der Waals surface area contributed by atoms with Crippen molar-refractivity contribution in [2.45, 2.75) is 309 Å². The summed E-state index contributed by atoms with van der Waals surface area (Å²) in [5.74, 6) is -0.896. The highest BCUT2D eigenvalue weighted by Gasteiger charge is 2.19. The normalized spacial score (nSPS) is 12.3. The van der Waals surface area contributed by atoms with Crippen molar-refractivity contribution in [1.82, 2.24) is 0 Å². The van der Waals surface area contributed by atoms with E-state index in [2.05, 4.69) is 69.4 Å². The first-order chi connectivity index (χ1) is 33.0. The van der Waals surface area contributed by atoms with Crippen molar-refractivity contribution in [3.8, 4) is 0 Å². The Morgan fingerprint density at radius 2 is 0.537 bits per heavy atom. The highest BCUT2D eigenvalue weighted by Crippen LogP contribution is 2.17. The lowest BCUT2D eigenvalue weighted by molar-refractivity contribution is -0.167. The van der Waals surface area contributed by atoms with Gasteiger partial charge in [-0.2, -0.15) is 0 Å². The minimum atomic E-state index is -0.782. The van der Waals surface area contributed by atoms with E-state index in [0.717, 1.165) is 83.5 Å². The molecule has 6 nitrogen and oxygen atoms in total. The fourth-order valence-electron chi connectivity index (χ4n) is 8.43. The summed E-state index contributed by atoms with van der Waals surface area (Å²) >= 11 is 0. The maximum absolute atomic E-state index is 12.8. The van der Waals surface area contributed by atoms with Gasteiger partial charge in [-0.25, -0.2) is 0 Å². The number of carbonyl (C=O) groups excluding carboxylic acids is 3. The summed E-state index contributed by atoms with van der Waals surface area (Å²) in [5, 5.41) is 0. The summed E-state index contributed by atoms with van der Waals surface area (Å²) in [6.45, 7) is 6.61. The van der Waals surface area contributed by atoms with Gasteiger partial charge >= 0.3 is 17.9 Å². The number of allylic oxidation sites excluding steroid dienone is 8. The molecule has 0 heterocycles. The Kier molecular flexibility index (Phi) is 53.8. The lowest BCUT2D eigenvalue weighted by atomic mass is 10.0. The summed E-state index contributed by atoms with van der Waals surface area (Å²) in [6, 6.07) is 0. The van der Waals surface area contributed by atoms with Gasteiger partial charge in [0.2, 0.25) is 0 Å². The highest BCUT2D eigenvalue weighted by atomic mass is 16.6. The third-order valence-corrected chi connectivity index (χ3v) is 12.8. The molecule has 0 bridgehead atoms. The van der Waals surface area contributed by atoms with E-state index in [9.17, 15) is 14.4 Å². The molecular formula is C61H110O6. The van der Waals surface area contributed by atoms with Crippen molar-refractivity contribution in [2.75, 3.05) is 13.2 Å². The van der Waals surface area contributed by atoms with Gasteiger partial charge in [0.1, 0.15) is 13.2 Å². The van der Waals surface area contributed by atoms with E-state index in [1.807, 2.05) is 0 Å². The first-order valence-electron chi connectivity index (χ1n) is 29.1. The maximum atomic E-state index is 12.8. The largest absolute Gasteiger partial charge is 0.462 e. The Morgan fingerprint density at radius 1 is 0.299 bits per heavy atom. The predicted molar refractivity (Wildman–Crippen MR) is 289 cm³/mol. The lowest BCUT2D eigenvalue weighted by Crippen LogP contribution is -2.30. The number of rotatable bonds is 53. The average molecular weight is 940 g/mol. The van der Waals surface area contributed by atoms with Crippen LogP contribution in [0.3, 0.4) is 0 Å². The summed E-state index contributed by atoms with van der Waals surface area (Å²) in [4.78, 5) is 38.1. The Morgan fingerprint density at radius 3 is 0.866 bits per heavy atom. The van der Waals surface area contributed by atoms with E-state index in [4.69, 9.17) is 14.2 Å². The molecule has 0 saturated heterocycles. The van der Waals surface area contributed by atoms with Crippen LogP contribution < -0.4 is 0 Å². The van der Waals surface area contributed by atoms with Gasteiger partial charge in [-0.3, -0.25) is 14.4 Å². The molecule has 67 heavy (non-hydrogen) atoms.